The molecule has 0 aliphatic rings. The number of hydrogen-bond acceptors (Lipinski definition) is 5. The van der Waals surface area contributed by atoms with Gasteiger partial charge in [0.25, 0.3) is 0 Å². The van der Waals surface area contributed by atoms with Crippen LogP contribution in [0.25, 0.3) is 0 Å². The molecule has 0 aliphatic carbocycles. The van der Waals surface area contributed by atoms with Crippen LogP contribution < -0.4 is 0 Å². The highest BCUT2D eigenvalue weighted by Crippen LogP contribution is 1.78. The third-order valence-corrected chi connectivity index (χ3v) is 4.45. The summed E-state index contributed by atoms with van der Waals surface area (Å²) in [6.45, 7) is 0. The third-order valence-electron chi connectivity index (χ3n) is 0.247. The van der Waals surface area contributed by atoms with Crippen molar-refractivity contribution < 1.29 is 12.6 Å². The summed E-state index contributed by atoms with van der Waals surface area (Å²) in [6.07, 6.45) is 0.829. The van der Waals surface area contributed by atoms with Crippen LogP contribution in [-0.2, 0) is 32.7 Å². The Hall–Kier alpha value is 0.320. The maximum absolute atomic E-state index is 9.93. The van der Waals surface area contributed by atoms with E-state index >= 15 is 0 Å². The zero-order chi connectivity index (χ0) is 6.08. The molecule has 0 unspecified atom stereocenters. The van der Waals surface area contributed by atoms with Crippen molar-refractivity contribution in [2.75, 3.05) is 6.26 Å². The molecule has 0 saturated carbocycles. The van der Waals surface area contributed by atoms with Crippen molar-refractivity contribution in [3.8, 4) is 0 Å². The Labute approximate surface area is 47.7 Å². The Morgan fingerprint density at radius 2 is 1.71 bits per heavy atom. The maximum atomic E-state index is 9.93. The molecule has 0 aromatic heterocycles. The van der Waals surface area contributed by atoms with Gasteiger partial charge in [0, 0.05) is 6.26 Å². The lowest BCUT2D eigenvalue weighted by Crippen LogP contribution is -1.93. The van der Waals surface area contributed by atoms with Gasteiger partial charge in [-0.25, -0.2) is 19.6 Å². The van der Waals surface area contributed by atoms with Crippen LogP contribution in [0, 0.1) is 0 Å². The average Bonchev–Trinajstić information content (AvgIpc) is 1.31. The van der Waals surface area contributed by atoms with E-state index in [0.29, 0.717) is 0 Å². The second kappa shape index (κ2) is 2.06. The smallest absolute Gasteiger partial charge is 0.109 e. The van der Waals surface area contributed by atoms with Gasteiger partial charge in [-0.3, -0.25) is 0 Å². The second-order valence-electron chi connectivity index (χ2n) is 0.908. The standard InChI is InChI=1S/CH3O3S3/c1-7(3,4)6(2)5/h1H3/q-1. The largest absolute Gasteiger partial charge is 0.437 e. The topological polar surface area (TPSA) is 51.2 Å². The van der Waals surface area contributed by atoms with E-state index in [1.807, 2.05) is 0 Å². The van der Waals surface area contributed by atoms with Gasteiger partial charge in [0.1, 0.15) is 8.87 Å². The number of rotatable bonds is 1. The van der Waals surface area contributed by atoms with Crippen molar-refractivity contribution in [1.29, 1.82) is 0 Å². The molecule has 44 valence electrons. The Kier molecular flexibility index (Phi) is 2.15. The first-order chi connectivity index (χ1) is 2.94. The Bertz CT molecular complexity index is 198. The van der Waals surface area contributed by atoms with Crippen LogP contribution in [0.2, 0.25) is 0 Å². The molecule has 0 fully saturated rings. The quantitative estimate of drug-likeness (QED) is 0.377. The fourth-order valence-electron chi connectivity index (χ4n) is 0. The predicted molar refractivity (Wildman–Crippen MR) is 30.3 cm³/mol. The molecule has 0 atom stereocenters. The highest BCUT2D eigenvalue weighted by Gasteiger charge is 1.83. The normalized spacial score (nSPS) is 12.3. The first kappa shape index (κ1) is 7.32. The van der Waals surface area contributed by atoms with Crippen LogP contribution >= 0.6 is 0 Å². The van der Waals surface area contributed by atoms with Gasteiger partial charge in [0.05, 0.1) is 0 Å². The molecule has 3 nitrogen and oxygen atoms in total. The van der Waals surface area contributed by atoms with Gasteiger partial charge in [-0.15, -0.1) is 0 Å². The molecular weight excluding hydrogens is 156 g/mol. The molecule has 0 saturated heterocycles. The molecule has 0 aromatic carbocycles. The molecule has 0 bridgehead atoms. The molecule has 0 spiro atoms. The van der Waals surface area contributed by atoms with E-state index in [-0.39, 0.29) is 0 Å². The van der Waals surface area contributed by atoms with Gasteiger partial charge in [-0.05, 0) is 0 Å². The van der Waals surface area contributed by atoms with E-state index in [0.717, 1.165) is 6.26 Å². The molecule has 0 heterocycles. The first-order valence-electron chi connectivity index (χ1n) is 1.24. The van der Waals surface area contributed by atoms with Crippen LogP contribution in [0.3, 0.4) is 0 Å². The van der Waals surface area contributed by atoms with Crippen LogP contribution in [0.4, 0.5) is 0 Å². The van der Waals surface area contributed by atoms with Crippen LogP contribution in [0.5, 0.6) is 0 Å². The minimum absolute atomic E-state index is 0.829. The lowest BCUT2D eigenvalue weighted by atomic mass is 12.0. The highest BCUT2D eigenvalue weighted by molar-refractivity contribution is 8.73. The minimum Gasteiger partial charge on any atom is -0.437 e. The van der Waals surface area contributed by atoms with E-state index in [4.69, 9.17) is 0 Å². The summed E-state index contributed by atoms with van der Waals surface area (Å²) >= 11 is 3.90. The van der Waals surface area contributed by atoms with E-state index < -0.39 is 17.3 Å². The van der Waals surface area contributed by atoms with Crippen molar-refractivity contribution in [1.82, 2.24) is 0 Å². The van der Waals surface area contributed by atoms with Crippen LogP contribution in [0.15, 0.2) is 0 Å². The summed E-state index contributed by atoms with van der Waals surface area (Å²) in [7, 11) is -5.58. The van der Waals surface area contributed by atoms with Gasteiger partial charge in [-0.2, -0.15) is 0 Å². The van der Waals surface area contributed by atoms with Crippen molar-refractivity contribution >= 4 is 28.4 Å². The summed E-state index contributed by atoms with van der Waals surface area (Å²) in [5, 5.41) is 0. The molecule has 0 aliphatic heterocycles. The zero-order valence-corrected chi connectivity index (χ0v) is 5.90. The van der Waals surface area contributed by atoms with E-state index in [1.54, 1.807) is 0 Å². The molecule has 0 radical (unpaired) electrons. The lowest BCUT2D eigenvalue weighted by Gasteiger charge is -1.89. The lowest BCUT2D eigenvalue weighted by molar-refractivity contribution is 0.595. The highest BCUT2D eigenvalue weighted by atomic mass is 33.3. The van der Waals surface area contributed by atoms with Gasteiger partial charge < -0.3 is 4.21 Å². The van der Waals surface area contributed by atoms with Crippen molar-refractivity contribution in [2.45, 2.75) is 0 Å². The summed E-state index contributed by atoms with van der Waals surface area (Å²) in [5.41, 5.74) is 0. The Morgan fingerprint density at radius 1 is 1.57 bits per heavy atom. The SMILES string of the molecule is CS(=O)(=O)[S-](=O)=S. The second-order valence-corrected chi connectivity index (χ2v) is 6.99. The Morgan fingerprint density at radius 3 is 1.71 bits per heavy atom. The fraction of sp³-hybridized carbons (Fsp3) is 1.00. The van der Waals surface area contributed by atoms with Gasteiger partial charge in [-0.1, -0.05) is 8.39 Å². The van der Waals surface area contributed by atoms with Gasteiger partial charge in [0.2, 0.25) is 0 Å². The molecule has 0 rings (SSSR count). The van der Waals surface area contributed by atoms with E-state index in [1.165, 1.54) is 0 Å². The van der Waals surface area contributed by atoms with Crippen LogP contribution in [0.1, 0.15) is 0 Å². The molecule has 6 heteroatoms. The molecule has 0 N–H and O–H groups in total. The monoisotopic (exact) mass is 159 g/mol. The zero-order valence-electron chi connectivity index (χ0n) is 3.45. The van der Waals surface area contributed by atoms with Crippen LogP contribution in [-0.4, -0.2) is 14.7 Å². The van der Waals surface area contributed by atoms with E-state index in [2.05, 4.69) is 11.2 Å². The van der Waals surface area contributed by atoms with Crippen molar-refractivity contribution in [3.63, 3.8) is 0 Å². The van der Waals surface area contributed by atoms with Gasteiger partial charge in [0.15, 0.2) is 0 Å². The molecule has 7 heavy (non-hydrogen) atoms. The first-order valence-corrected chi connectivity index (χ1v) is 5.72. The maximum Gasteiger partial charge on any atom is 0.109 e. The Balaban J connectivity index is 4.82. The summed E-state index contributed by atoms with van der Waals surface area (Å²) in [5.74, 6) is 0. The molecular formula is CH3O3S3-. The predicted octanol–water partition coefficient (Wildman–Crippen LogP) is -0.628. The molecule has 0 aromatic rings. The summed E-state index contributed by atoms with van der Waals surface area (Å²) in [6, 6.07) is 0. The third kappa shape index (κ3) is 2.95. The fourth-order valence-corrected chi connectivity index (χ4v) is 0. The van der Waals surface area contributed by atoms with Crippen molar-refractivity contribution in [2.24, 2.45) is 0 Å². The summed E-state index contributed by atoms with van der Waals surface area (Å²) < 4.78 is 29.7. The summed E-state index contributed by atoms with van der Waals surface area (Å²) in [4.78, 5) is 0. The number of hydrogen-bond donors (Lipinski definition) is 0. The van der Waals surface area contributed by atoms with Crippen molar-refractivity contribution in [3.05, 3.63) is 0 Å². The van der Waals surface area contributed by atoms with Gasteiger partial charge >= 0.3 is 0 Å². The minimum atomic E-state index is -3.45. The average molecular weight is 159 g/mol. The van der Waals surface area contributed by atoms with E-state index in [9.17, 15) is 12.6 Å². The molecule has 0 amide bonds.